The summed E-state index contributed by atoms with van der Waals surface area (Å²) in [4.78, 5) is 25.8. The van der Waals surface area contributed by atoms with Crippen molar-refractivity contribution < 1.29 is 22.7 Å². The summed E-state index contributed by atoms with van der Waals surface area (Å²) in [7, 11) is 1.41. The van der Waals surface area contributed by atoms with Gasteiger partial charge in [-0.2, -0.15) is 0 Å². The molecule has 0 aliphatic carbocycles. The summed E-state index contributed by atoms with van der Waals surface area (Å²) in [5.41, 5.74) is 0.233. The van der Waals surface area contributed by atoms with E-state index in [0.717, 1.165) is 0 Å². The molecule has 0 bridgehead atoms. The Balaban J connectivity index is 2.15. The third-order valence-electron chi connectivity index (χ3n) is 3.69. The molecule has 6 nitrogen and oxygen atoms in total. The van der Waals surface area contributed by atoms with Gasteiger partial charge in [-0.25, -0.2) is 8.42 Å². The Morgan fingerprint density at radius 3 is 2.78 bits per heavy atom. The van der Waals surface area contributed by atoms with E-state index in [-0.39, 0.29) is 34.8 Å². The number of halogens is 1. The highest BCUT2D eigenvalue weighted by Gasteiger charge is 2.30. The number of likely N-dealkylation sites (tertiary alicyclic amines) is 1. The standard InChI is InChI=1S/C15H18ClNO5S/c1-2-22-15(19)12-6-4-8-17(10-12)14(18)11-5-3-7-13(9-11)23(16,20)21/h3,5,7,9,12H,2,4,6,8,10H2,1H3. The number of nitrogens with zero attached hydrogens (tertiary/aromatic N) is 1. The van der Waals surface area contributed by atoms with Crippen molar-refractivity contribution in [1.29, 1.82) is 0 Å². The molecule has 0 N–H and O–H groups in total. The molecule has 1 heterocycles. The van der Waals surface area contributed by atoms with Gasteiger partial charge in [-0.1, -0.05) is 6.07 Å². The van der Waals surface area contributed by atoms with Gasteiger partial charge in [0.15, 0.2) is 0 Å². The minimum atomic E-state index is -3.89. The number of amides is 1. The van der Waals surface area contributed by atoms with Crippen LogP contribution >= 0.6 is 10.7 Å². The lowest BCUT2D eigenvalue weighted by Gasteiger charge is -2.31. The van der Waals surface area contributed by atoms with E-state index in [4.69, 9.17) is 15.4 Å². The number of ether oxygens (including phenoxy) is 1. The molecule has 0 spiro atoms. The van der Waals surface area contributed by atoms with E-state index >= 15 is 0 Å². The van der Waals surface area contributed by atoms with Gasteiger partial charge in [0.25, 0.3) is 15.0 Å². The lowest BCUT2D eigenvalue weighted by Crippen LogP contribution is -2.42. The predicted molar refractivity (Wildman–Crippen MR) is 84.7 cm³/mol. The third-order valence-corrected chi connectivity index (χ3v) is 5.04. The van der Waals surface area contributed by atoms with Crippen LogP contribution in [0.2, 0.25) is 0 Å². The molecule has 1 atom stereocenters. The molecule has 0 radical (unpaired) electrons. The summed E-state index contributed by atoms with van der Waals surface area (Å²) in [6.07, 6.45) is 1.38. The molecule has 2 rings (SSSR count). The average molecular weight is 360 g/mol. The van der Waals surface area contributed by atoms with Gasteiger partial charge >= 0.3 is 5.97 Å². The number of rotatable bonds is 4. The molecule has 1 saturated heterocycles. The summed E-state index contributed by atoms with van der Waals surface area (Å²) in [6.45, 7) is 2.84. The Labute approximate surface area is 139 Å². The number of piperidine rings is 1. The van der Waals surface area contributed by atoms with Gasteiger partial charge in [-0.3, -0.25) is 9.59 Å². The van der Waals surface area contributed by atoms with Crippen molar-refractivity contribution >= 4 is 31.6 Å². The number of esters is 1. The van der Waals surface area contributed by atoms with E-state index in [1.807, 2.05) is 0 Å². The third kappa shape index (κ3) is 4.45. The first kappa shape index (κ1) is 17.7. The van der Waals surface area contributed by atoms with Crippen LogP contribution in [0.25, 0.3) is 0 Å². The van der Waals surface area contributed by atoms with E-state index < -0.39 is 9.05 Å². The number of hydrogen-bond acceptors (Lipinski definition) is 5. The van der Waals surface area contributed by atoms with E-state index in [1.54, 1.807) is 11.8 Å². The lowest BCUT2D eigenvalue weighted by molar-refractivity contribution is -0.149. The molecule has 1 unspecified atom stereocenters. The maximum Gasteiger partial charge on any atom is 0.310 e. The first-order valence-corrected chi connectivity index (χ1v) is 9.64. The zero-order chi connectivity index (χ0) is 17.0. The van der Waals surface area contributed by atoms with Crippen LogP contribution in [0.4, 0.5) is 0 Å². The summed E-state index contributed by atoms with van der Waals surface area (Å²) in [5, 5.41) is 0. The highest BCUT2D eigenvalue weighted by molar-refractivity contribution is 8.13. The summed E-state index contributed by atoms with van der Waals surface area (Å²) in [6, 6.07) is 5.58. The topological polar surface area (TPSA) is 80.8 Å². The molecule has 0 aromatic heterocycles. The van der Waals surface area contributed by atoms with Gasteiger partial charge in [0, 0.05) is 29.3 Å². The zero-order valence-corrected chi connectivity index (χ0v) is 14.3. The van der Waals surface area contributed by atoms with Crippen molar-refractivity contribution in [3.63, 3.8) is 0 Å². The Morgan fingerprint density at radius 2 is 2.13 bits per heavy atom. The van der Waals surface area contributed by atoms with Gasteiger partial charge < -0.3 is 9.64 Å². The normalized spacial score (nSPS) is 18.5. The molecule has 126 valence electrons. The minimum absolute atomic E-state index is 0.121. The van der Waals surface area contributed by atoms with Crippen LogP contribution in [0, 0.1) is 5.92 Å². The highest BCUT2D eigenvalue weighted by atomic mass is 35.7. The Kier molecular flexibility index (Phi) is 5.64. The Hall–Kier alpha value is -1.60. The Morgan fingerprint density at radius 1 is 1.39 bits per heavy atom. The van der Waals surface area contributed by atoms with E-state index in [2.05, 4.69) is 0 Å². The quantitative estimate of drug-likeness (QED) is 0.607. The van der Waals surface area contributed by atoms with Crippen LogP contribution in [0.5, 0.6) is 0 Å². The molecular weight excluding hydrogens is 342 g/mol. The van der Waals surface area contributed by atoms with Crippen LogP contribution in [0.1, 0.15) is 30.1 Å². The molecule has 1 aliphatic rings. The molecular formula is C15H18ClNO5S. The maximum atomic E-state index is 12.5. The molecule has 8 heteroatoms. The maximum absolute atomic E-state index is 12.5. The predicted octanol–water partition coefficient (Wildman–Crippen LogP) is 2.03. The second-order valence-electron chi connectivity index (χ2n) is 5.31. The first-order chi connectivity index (χ1) is 10.8. The fourth-order valence-corrected chi connectivity index (χ4v) is 3.37. The van der Waals surface area contributed by atoms with E-state index in [0.29, 0.717) is 26.0 Å². The molecule has 0 saturated carbocycles. The lowest BCUT2D eigenvalue weighted by atomic mass is 9.97. The number of benzene rings is 1. The monoisotopic (exact) mass is 359 g/mol. The van der Waals surface area contributed by atoms with Crippen molar-refractivity contribution in [3.05, 3.63) is 29.8 Å². The van der Waals surface area contributed by atoms with Crippen LogP contribution in [-0.4, -0.2) is 44.9 Å². The summed E-state index contributed by atoms with van der Waals surface area (Å²) in [5.74, 6) is -0.962. The van der Waals surface area contributed by atoms with Gasteiger partial charge in [0.2, 0.25) is 0 Å². The van der Waals surface area contributed by atoms with Gasteiger partial charge in [0.05, 0.1) is 17.4 Å². The van der Waals surface area contributed by atoms with E-state index in [9.17, 15) is 18.0 Å². The molecule has 1 amide bonds. The second kappa shape index (κ2) is 7.31. The molecule has 23 heavy (non-hydrogen) atoms. The zero-order valence-electron chi connectivity index (χ0n) is 12.7. The van der Waals surface area contributed by atoms with Crippen molar-refractivity contribution in [1.82, 2.24) is 4.90 Å². The summed E-state index contributed by atoms with van der Waals surface area (Å²) < 4.78 is 27.8. The fourth-order valence-electron chi connectivity index (χ4n) is 2.58. The molecule has 1 aliphatic heterocycles. The first-order valence-electron chi connectivity index (χ1n) is 7.33. The van der Waals surface area contributed by atoms with Crippen LogP contribution in [-0.2, 0) is 18.6 Å². The van der Waals surface area contributed by atoms with Crippen LogP contribution in [0.3, 0.4) is 0 Å². The van der Waals surface area contributed by atoms with Gasteiger partial charge in [-0.15, -0.1) is 0 Å². The average Bonchev–Trinajstić information content (AvgIpc) is 2.54. The van der Waals surface area contributed by atoms with Gasteiger partial charge in [-0.05, 0) is 38.0 Å². The smallest absolute Gasteiger partial charge is 0.310 e. The Bertz CT molecular complexity index is 704. The summed E-state index contributed by atoms with van der Waals surface area (Å²) >= 11 is 0. The van der Waals surface area contributed by atoms with Crippen molar-refractivity contribution in [2.45, 2.75) is 24.7 Å². The number of carbonyl (C=O) groups excluding carboxylic acids is 2. The fraction of sp³-hybridized carbons (Fsp3) is 0.467. The number of carbonyl (C=O) groups is 2. The molecule has 1 aromatic carbocycles. The molecule has 1 aromatic rings. The number of hydrogen-bond donors (Lipinski definition) is 0. The van der Waals surface area contributed by atoms with E-state index in [1.165, 1.54) is 24.3 Å². The van der Waals surface area contributed by atoms with Crippen molar-refractivity contribution in [3.8, 4) is 0 Å². The highest BCUT2D eigenvalue weighted by Crippen LogP contribution is 2.22. The minimum Gasteiger partial charge on any atom is -0.466 e. The molecule has 1 fully saturated rings. The van der Waals surface area contributed by atoms with Gasteiger partial charge in [0.1, 0.15) is 0 Å². The van der Waals surface area contributed by atoms with Crippen LogP contribution < -0.4 is 0 Å². The largest absolute Gasteiger partial charge is 0.466 e. The SMILES string of the molecule is CCOC(=O)C1CCCN(C(=O)c2cccc(S(=O)(=O)Cl)c2)C1. The van der Waals surface area contributed by atoms with Crippen LogP contribution in [0.15, 0.2) is 29.2 Å². The van der Waals surface area contributed by atoms with Crippen molar-refractivity contribution in [2.75, 3.05) is 19.7 Å². The second-order valence-corrected chi connectivity index (χ2v) is 7.87. The van der Waals surface area contributed by atoms with Crippen molar-refractivity contribution in [2.24, 2.45) is 5.92 Å².